The number of allylic oxidation sites excluding steroid dienone is 2. The molecule has 1 N–H and O–H groups in total. The van der Waals surface area contributed by atoms with Crippen LogP contribution in [0.1, 0.15) is 20.8 Å². The Labute approximate surface area is 92.2 Å². The van der Waals surface area contributed by atoms with E-state index in [1.165, 1.54) is 0 Å². The summed E-state index contributed by atoms with van der Waals surface area (Å²) in [6, 6.07) is 2.25. The molecule has 0 aliphatic heterocycles. The summed E-state index contributed by atoms with van der Waals surface area (Å²) in [5, 5.41) is 11.9. The Balaban J connectivity index is 4.86. The van der Waals surface area contributed by atoms with Crippen molar-refractivity contribution in [3.05, 3.63) is 24.6 Å². The largest absolute Gasteiger partial charge is 0.394 e. The van der Waals surface area contributed by atoms with Crippen LogP contribution in [0.25, 0.3) is 0 Å². The van der Waals surface area contributed by atoms with Crippen molar-refractivity contribution in [2.24, 2.45) is 16.3 Å². The summed E-state index contributed by atoms with van der Waals surface area (Å²) in [6.07, 6.45) is 9.16. The van der Waals surface area contributed by atoms with Crippen molar-refractivity contribution in [2.75, 3.05) is 7.05 Å². The van der Waals surface area contributed by atoms with Gasteiger partial charge < -0.3 is 5.32 Å². The summed E-state index contributed by atoms with van der Waals surface area (Å²) in [4.78, 5) is 4.15. The molecule has 0 aliphatic rings. The zero-order valence-corrected chi connectivity index (χ0v) is 9.86. The molecule has 0 aliphatic carbocycles. The van der Waals surface area contributed by atoms with E-state index in [0.29, 0.717) is 0 Å². The van der Waals surface area contributed by atoms with Gasteiger partial charge in [-0.3, -0.25) is 4.99 Å². The van der Waals surface area contributed by atoms with Gasteiger partial charge in [-0.2, -0.15) is 5.26 Å². The van der Waals surface area contributed by atoms with Crippen LogP contribution in [0, 0.1) is 22.7 Å². The van der Waals surface area contributed by atoms with Gasteiger partial charge in [-0.05, 0) is 27.0 Å². The number of hydrogen-bond acceptors (Lipinski definition) is 3. The first kappa shape index (κ1) is 13.4. The molecule has 0 aromatic rings. The van der Waals surface area contributed by atoms with E-state index >= 15 is 0 Å². The quantitative estimate of drug-likeness (QED) is 0.701. The number of hydrogen-bond donors (Lipinski definition) is 1. The number of nitriles is 1. The van der Waals surface area contributed by atoms with Crippen molar-refractivity contribution in [1.29, 1.82) is 5.26 Å². The van der Waals surface area contributed by atoms with E-state index in [-0.39, 0.29) is 11.3 Å². The third kappa shape index (κ3) is 4.46. The minimum atomic E-state index is -0.336. The van der Waals surface area contributed by atoms with E-state index < -0.39 is 0 Å². The van der Waals surface area contributed by atoms with Crippen LogP contribution in [0.3, 0.4) is 0 Å². The second kappa shape index (κ2) is 6.83. The average molecular weight is 205 g/mol. The van der Waals surface area contributed by atoms with E-state index in [4.69, 9.17) is 5.26 Å². The Kier molecular flexibility index (Phi) is 6.12. The lowest BCUT2D eigenvalue weighted by molar-refractivity contribution is 0.477. The van der Waals surface area contributed by atoms with Gasteiger partial charge in [-0.1, -0.05) is 12.2 Å². The second-order valence-electron chi connectivity index (χ2n) is 3.60. The van der Waals surface area contributed by atoms with Crippen LogP contribution in [0.2, 0.25) is 0 Å². The molecular weight excluding hydrogens is 186 g/mol. The topological polar surface area (TPSA) is 48.2 Å². The first-order valence-electron chi connectivity index (χ1n) is 5.00. The zero-order valence-electron chi connectivity index (χ0n) is 9.86. The Morgan fingerprint density at radius 3 is 2.67 bits per heavy atom. The van der Waals surface area contributed by atoms with Crippen LogP contribution in [-0.2, 0) is 0 Å². The molecule has 2 atom stereocenters. The normalized spacial score (nSPS) is 18.1. The second-order valence-corrected chi connectivity index (χ2v) is 3.60. The molecule has 0 rings (SSSR count). The molecule has 0 fully saturated rings. The van der Waals surface area contributed by atoms with Crippen molar-refractivity contribution in [3.8, 4) is 6.07 Å². The van der Waals surface area contributed by atoms with Gasteiger partial charge in [-0.25, -0.2) is 0 Å². The lowest BCUT2D eigenvalue weighted by atomic mass is 9.80. The molecule has 82 valence electrons. The smallest absolute Gasteiger partial charge is 0.0665 e. The molecule has 15 heavy (non-hydrogen) atoms. The molecule has 0 heterocycles. The highest BCUT2D eigenvalue weighted by atomic mass is 14.8. The Morgan fingerprint density at radius 1 is 1.53 bits per heavy atom. The standard InChI is InChI=1S/C12H19N3/c1-5-7-15-10-12(3,6-8-14-4)11(2)9-13/h5-8,10-11,14H,1-4H3/b7-5+,8-6-,15-10?. The van der Waals surface area contributed by atoms with Gasteiger partial charge in [0.2, 0.25) is 0 Å². The highest BCUT2D eigenvalue weighted by molar-refractivity contribution is 5.69. The number of rotatable bonds is 5. The van der Waals surface area contributed by atoms with Crippen molar-refractivity contribution in [1.82, 2.24) is 5.32 Å². The fourth-order valence-corrected chi connectivity index (χ4v) is 0.991. The molecule has 0 saturated carbocycles. The molecule has 3 nitrogen and oxygen atoms in total. The third-order valence-corrected chi connectivity index (χ3v) is 2.32. The van der Waals surface area contributed by atoms with Crippen LogP contribution in [0.4, 0.5) is 0 Å². The van der Waals surface area contributed by atoms with Crippen molar-refractivity contribution in [3.63, 3.8) is 0 Å². The van der Waals surface area contributed by atoms with Crippen molar-refractivity contribution < 1.29 is 0 Å². The van der Waals surface area contributed by atoms with E-state index in [2.05, 4.69) is 16.4 Å². The molecule has 0 radical (unpaired) electrons. The SMILES string of the molecule is C/C=C/N=CC(C)(/C=C\NC)C(C)C#N. The van der Waals surface area contributed by atoms with E-state index in [9.17, 15) is 0 Å². The Hall–Kier alpha value is -1.56. The number of aliphatic imine (C=N–C) groups is 1. The predicted octanol–water partition coefficient (Wildman–Crippen LogP) is 2.49. The summed E-state index contributed by atoms with van der Waals surface area (Å²) in [5.41, 5.74) is -0.336. The molecule has 0 aromatic carbocycles. The summed E-state index contributed by atoms with van der Waals surface area (Å²) in [6.45, 7) is 5.79. The molecule has 0 bridgehead atoms. The summed E-state index contributed by atoms with van der Waals surface area (Å²) in [7, 11) is 1.83. The first-order chi connectivity index (χ1) is 7.10. The van der Waals surface area contributed by atoms with Gasteiger partial charge in [-0.15, -0.1) is 0 Å². The summed E-state index contributed by atoms with van der Waals surface area (Å²) >= 11 is 0. The fourth-order valence-electron chi connectivity index (χ4n) is 0.991. The predicted molar refractivity (Wildman–Crippen MR) is 64.4 cm³/mol. The van der Waals surface area contributed by atoms with Gasteiger partial charge >= 0.3 is 0 Å². The number of nitrogens with zero attached hydrogens (tertiary/aromatic N) is 2. The van der Waals surface area contributed by atoms with Crippen LogP contribution < -0.4 is 5.32 Å². The van der Waals surface area contributed by atoms with E-state index in [1.54, 1.807) is 12.4 Å². The van der Waals surface area contributed by atoms with E-state index in [0.717, 1.165) is 0 Å². The van der Waals surface area contributed by atoms with Gasteiger partial charge in [0.1, 0.15) is 0 Å². The van der Waals surface area contributed by atoms with Crippen LogP contribution in [0.5, 0.6) is 0 Å². The fraction of sp³-hybridized carbons (Fsp3) is 0.500. The van der Waals surface area contributed by atoms with Gasteiger partial charge in [0.05, 0.1) is 12.0 Å². The average Bonchev–Trinajstić information content (AvgIpc) is 2.25. The minimum absolute atomic E-state index is 0.115. The highest BCUT2D eigenvalue weighted by Gasteiger charge is 2.26. The molecule has 0 aromatic heterocycles. The maximum atomic E-state index is 8.94. The minimum Gasteiger partial charge on any atom is -0.394 e. The van der Waals surface area contributed by atoms with Gasteiger partial charge in [0.25, 0.3) is 0 Å². The van der Waals surface area contributed by atoms with Crippen LogP contribution >= 0.6 is 0 Å². The van der Waals surface area contributed by atoms with E-state index in [1.807, 2.05) is 46.2 Å². The monoisotopic (exact) mass is 205 g/mol. The highest BCUT2D eigenvalue weighted by Crippen LogP contribution is 2.26. The maximum Gasteiger partial charge on any atom is 0.0665 e. The molecular formula is C12H19N3. The summed E-state index contributed by atoms with van der Waals surface area (Å²) in [5.74, 6) is -0.115. The Morgan fingerprint density at radius 2 is 2.20 bits per heavy atom. The van der Waals surface area contributed by atoms with Crippen LogP contribution in [-0.4, -0.2) is 13.3 Å². The maximum absolute atomic E-state index is 8.94. The van der Waals surface area contributed by atoms with Crippen LogP contribution in [0.15, 0.2) is 29.5 Å². The first-order valence-corrected chi connectivity index (χ1v) is 5.00. The zero-order chi connectivity index (χ0) is 11.7. The Bertz CT molecular complexity index is 296. The molecule has 0 spiro atoms. The molecule has 3 heteroatoms. The molecule has 2 unspecified atom stereocenters. The van der Waals surface area contributed by atoms with Crippen molar-refractivity contribution in [2.45, 2.75) is 20.8 Å². The summed E-state index contributed by atoms with van der Waals surface area (Å²) < 4.78 is 0. The third-order valence-electron chi connectivity index (χ3n) is 2.32. The lowest BCUT2D eigenvalue weighted by Crippen LogP contribution is -2.24. The number of nitrogens with one attached hydrogen (secondary N) is 1. The van der Waals surface area contributed by atoms with Crippen molar-refractivity contribution >= 4 is 6.21 Å². The molecule has 0 amide bonds. The van der Waals surface area contributed by atoms with Gasteiger partial charge in [0, 0.05) is 24.9 Å². The lowest BCUT2D eigenvalue weighted by Gasteiger charge is -2.23. The molecule has 0 saturated heterocycles. The van der Waals surface area contributed by atoms with Gasteiger partial charge in [0.15, 0.2) is 0 Å².